The van der Waals surface area contributed by atoms with E-state index in [0.717, 1.165) is 17.9 Å². The van der Waals surface area contributed by atoms with Gasteiger partial charge in [-0.3, -0.25) is 0 Å². The van der Waals surface area contributed by atoms with E-state index in [1.54, 1.807) is 0 Å². The second kappa shape index (κ2) is 7.21. The molecule has 0 aliphatic heterocycles. The van der Waals surface area contributed by atoms with Gasteiger partial charge in [0.25, 0.3) is 0 Å². The molecule has 1 aromatic rings. The summed E-state index contributed by atoms with van der Waals surface area (Å²) in [5, 5.41) is 8.74. The van der Waals surface area contributed by atoms with Gasteiger partial charge in [0.1, 0.15) is 17.3 Å². The number of benzene rings is 1. The van der Waals surface area contributed by atoms with E-state index >= 15 is 0 Å². The summed E-state index contributed by atoms with van der Waals surface area (Å²) in [5.74, 6) is 0.757. The monoisotopic (exact) mass is 254 g/mol. The molecular weight excluding hydrogens is 236 g/mol. The topological polar surface area (TPSA) is 58.7 Å². The van der Waals surface area contributed by atoms with Crippen LogP contribution < -0.4 is 10.5 Å². The molecule has 0 unspecified atom stereocenters. The molecule has 0 saturated heterocycles. The third-order valence-corrected chi connectivity index (χ3v) is 2.58. The van der Waals surface area contributed by atoms with Gasteiger partial charge in [0.15, 0.2) is 0 Å². The normalized spacial score (nSPS) is 10.5. The third kappa shape index (κ3) is 5.12. The van der Waals surface area contributed by atoms with Gasteiger partial charge in [0.2, 0.25) is 0 Å². The predicted octanol–water partition coefficient (Wildman–Crippen LogP) is 0.624. The quantitative estimate of drug-likeness (QED) is 0.699. The summed E-state index contributed by atoms with van der Waals surface area (Å²) < 4.78 is 5.58. The van der Waals surface area contributed by atoms with Crippen molar-refractivity contribution in [2.24, 2.45) is 5.73 Å². The van der Waals surface area contributed by atoms with Crippen LogP contribution in [-0.2, 0) is 0 Å². The van der Waals surface area contributed by atoms with Crippen molar-refractivity contribution in [2.75, 3.05) is 33.4 Å². The zero-order valence-corrected chi connectivity index (χ0v) is 10.7. The number of aliphatic hydroxyl groups excluding tert-OH is 1. The van der Waals surface area contributed by atoms with Gasteiger partial charge in [-0.2, -0.15) is 0 Å². The summed E-state index contributed by atoms with van der Waals surface area (Å²) in [7, 11) is 1.94. The number of aliphatic hydroxyl groups is 1. The lowest BCUT2D eigenvalue weighted by Crippen LogP contribution is -2.27. The number of nitrogens with two attached hydrogens (primary N) is 1. The summed E-state index contributed by atoms with van der Waals surface area (Å²) in [6, 6.07) is 7.41. The number of rotatable bonds is 7. The average Bonchev–Trinajstić information content (AvgIpc) is 2.30. The molecule has 0 fully saturated rings. The van der Waals surface area contributed by atoms with Crippen LogP contribution in [0.3, 0.4) is 0 Å². The Morgan fingerprint density at radius 3 is 2.88 bits per heavy atom. The van der Waals surface area contributed by atoms with Crippen molar-refractivity contribution >= 4 is 17.2 Å². The smallest absolute Gasteiger partial charge is 0.120 e. The number of likely N-dealkylation sites (N-methyl/N-ethyl adjacent to an activating group) is 1. The molecule has 0 aliphatic rings. The van der Waals surface area contributed by atoms with E-state index < -0.39 is 0 Å². The number of hydrogen-bond acceptors (Lipinski definition) is 4. The van der Waals surface area contributed by atoms with Crippen molar-refractivity contribution in [3.05, 3.63) is 29.8 Å². The molecule has 1 rings (SSSR count). The van der Waals surface area contributed by atoms with Crippen molar-refractivity contribution in [3.8, 4) is 5.75 Å². The molecule has 94 valence electrons. The van der Waals surface area contributed by atoms with Gasteiger partial charge >= 0.3 is 0 Å². The number of thiocarbonyl (C=S) groups is 1. The summed E-state index contributed by atoms with van der Waals surface area (Å²) >= 11 is 4.90. The summed E-state index contributed by atoms with van der Waals surface area (Å²) in [6.45, 7) is 2.14. The number of hydrogen-bond donors (Lipinski definition) is 2. The molecule has 0 bridgehead atoms. The molecule has 4 nitrogen and oxygen atoms in total. The Morgan fingerprint density at radius 2 is 2.24 bits per heavy atom. The molecule has 1 aromatic carbocycles. The molecule has 17 heavy (non-hydrogen) atoms. The molecule has 0 heterocycles. The van der Waals surface area contributed by atoms with Gasteiger partial charge in [-0.05, 0) is 19.2 Å². The molecule has 0 saturated carbocycles. The minimum Gasteiger partial charge on any atom is -0.492 e. The first kappa shape index (κ1) is 13.9. The van der Waals surface area contributed by atoms with Crippen LogP contribution in [0.15, 0.2) is 24.3 Å². The maximum absolute atomic E-state index is 8.74. The van der Waals surface area contributed by atoms with Gasteiger partial charge in [0, 0.05) is 18.7 Å². The summed E-state index contributed by atoms with van der Waals surface area (Å²) in [6.07, 6.45) is 0. The highest BCUT2D eigenvalue weighted by atomic mass is 32.1. The fourth-order valence-corrected chi connectivity index (χ4v) is 1.47. The lowest BCUT2D eigenvalue weighted by Gasteiger charge is -2.15. The van der Waals surface area contributed by atoms with E-state index in [1.165, 1.54) is 0 Å². The van der Waals surface area contributed by atoms with Crippen molar-refractivity contribution in [1.82, 2.24) is 4.90 Å². The van der Waals surface area contributed by atoms with Gasteiger partial charge in [-0.1, -0.05) is 24.4 Å². The third-order valence-electron chi connectivity index (χ3n) is 2.34. The average molecular weight is 254 g/mol. The number of ether oxygens (including phenoxy) is 1. The minimum absolute atomic E-state index is 0.160. The van der Waals surface area contributed by atoms with E-state index in [-0.39, 0.29) is 6.61 Å². The molecule has 0 aliphatic carbocycles. The SMILES string of the molecule is CN(CCO)CCOc1cccc(C(N)=S)c1. The van der Waals surface area contributed by atoms with Crippen molar-refractivity contribution in [3.63, 3.8) is 0 Å². The van der Waals surface area contributed by atoms with Crippen LogP contribution >= 0.6 is 12.2 Å². The summed E-state index contributed by atoms with van der Waals surface area (Å²) in [4.78, 5) is 2.37. The minimum atomic E-state index is 0.160. The number of nitrogens with zero attached hydrogens (tertiary/aromatic N) is 1. The Hall–Kier alpha value is -1.17. The first-order valence-corrected chi connectivity index (χ1v) is 5.86. The Balaban J connectivity index is 2.41. The molecule has 3 N–H and O–H groups in total. The fraction of sp³-hybridized carbons (Fsp3) is 0.417. The highest BCUT2D eigenvalue weighted by Gasteiger charge is 2.00. The van der Waals surface area contributed by atoms with Crippen LogP contribution in [0, 0.1) is 0 Å². The van der Waals surface area contributed by atoms with Crippen LogP contribution in [0.4, 0.5) is 0 Å². The second-order valence-corrected chi connectivity index (χ2v) is 4.21. The molecule has 0 amide bonds. The van der Waals surface area contributed by atoms with E-state index in [0.29, 0.717) is 18.1 Å². The van der Waals surface area contributed by atoms with Crippen LogP contribution in [0.5, 0.6) is 5.75 Å². The Kier molecular flexibility index (Phi) is 5.90. The maximum atomic E-state index is 8.74. The molecule has 5 heteroatoms. The fourth-order valence-electron chi connectivity index (χ4n) is 1.34. The van der Waals surface area contributed by atoms with Crippen molar-refractivity contribution < 1.29 is 9.84 Å². The Labute approximate surface area is 107 Å². The van der Waals surface area contributed by atoms with Gasteiger partial charge in [-0.25, -0.2) is 0 Å². The second-order valence-electron chi connectivity index (χ2n) is 3.77. The van der Waals surface area contributed by atoms with Crippen LogP contribution in [0.25, 0.3) is 0 Å². The van der Waals surface area contributed by atoms with E-state index in [4.69, 9.17) is 27.8 Å². The van der Waals surface area contributed by atoms with Crippen LogP contribution in [-0.4, -0.2) is 48.3 Å². The largest absolute Gasteiger partial charge is 0.492 e. The molecule has 0 aromatic heterocycles. The van der Waals surface area contributed by atoms with Crippen molar-refractivity contribution in [1.29, 1.82) is 0 Å². The lowest BCUT2D eigenvalue weighted by atomic mass is 10.2. The molecule has 0 radical (unpaired) electrons. The lowest BCUT2D eigenvalue weighted by molar-refractivity contribution is 0.192. The van der Waals surface area contributed by atoms with E-state index in [1.807, 2.05) is 36.2 Å². The van der Waals surface area contributed by atoms with Gasteiger partial charge in [0.05, 0.1) is 6.61 Å². The first-order chi connectivity index (χ1) is 8.13. The molecular formula is C12H18N2O2S. The van der Waals surface area contributed by atoms with Crippen molar-refractivity contribution in [2.45, 2.75) is 0 Å². The van der Waals surface area contributed by atoms with E-state index in [2.05, 4.69) is 0 Å². The van der Waals surface area contributed by atoms with Crippen LogP contribution in [0.1, 0.15) is 5.56 Å². The molecule has 0 spiro atoms. The van der Waals surface area contributed by atoms with Gasteiger partial charge < -0.3 is 20.5 Å². The molecule has 0 atom stereocenters. The van der Waals surface area contributed by atoms with E-state index in [9.17, 15) is 0 Å². The van der Waals surface area contributed by atoms with Crippen LogP contribution in [0.2, 0.25) is 0 Å². The highest BCUT2D eigenvalue weighted by molar-refractivity contribution is 7.80. The zero-order chi connectivity index (χ0) is 12.7. The zero-order valence-electron chi connectivity index (χ0n) is 9.93. The standard InChI is InChI=1S/C12H18N2O2S/c1-14(5-7-15)6-8-16-11-4-2-3-10(9-11)12(13)17/h2-4,9,15H,5-8H2,1H3,(H2,13,17). The summed E-state index contributed by atoms with van der Waals surface area (Å²) in [5.41, 5.74) is 6.35. The Morgan fingerprint density at radius 1 is 1.47 bits per heavy atom. The predicted molar refractivity (Wildman–Crippen MR) is 72.4 cm³/mol. The first-order valence-electron chi connectivity index (χ1n) is 5.45. The highest BCUT2D eigenvalue weighted by Crippen LogP contribution is 2.13. The van der Waals surface area contributed by atoms with Gasteiger partial charge in [-0.15, -0.1) is 0 Å². The maximum Gasteiger partial charge on any atom is 0.120 e. The Bertz CT molecular complexity index is 371.